The molecule has 1 aliphatic rings. The Hall–Kier alpha value is -1.90. The van der Waals surface area contributed by atoms with Gasteiger partial charge in [0, 0.05) is 12.1 Å². The second-order valence-electron chi connectivity index (χ2n) is 5.74. The molecule has 8 heteroatoms. The summed E-state index contributed by atoms with van der Waals surface area (Å²) < 4.78 is 32.5. The third kappa shape index (κ3) is 5.05. The largest absolute Gasteiger partial charge is 0.497 e. The molecule has 0 unspecified atom stereocenters. The van der Waals surface area contributed by atoms with Gasteiger partial charge in [0.2, 0.25) is 10.0 Å². The van der Waals surface area contributed by atoms with Crippen molar-refractivity contribution in [1.82, 2.24) is 10.2 Å². The summed E-state index contributed by atoms with van der Waals surface area (Å²) in [4.78, 5) is 11.2. The van der Waals surface area contributed by atoms with Crippen molar-refractivity contribution in [3.05, 3.63) is 36.4 Å². The fourth-order valence-electron chi connectivity index (χ4n) is 2.73. The van der Waals surface area contributed by atoms with Gasteiger partial charge in [0.05, 0.1) is 12.0 Å². The van der Waals surface area contributed by atoms with Crippen LogP contribution in [-0.4, -0.2) is 32.7 Å². The molecule has 0 aromatic heterocycles. The Morgan fingerprint density at radius 1 is 1.21 bits per heavy atom. The van der Waals surface area contributed by atoms with Crippen LogP contribution in [0.25, 0.3) is 0 Å². The molecule has 1 aliphatic carbocycles. The lowest BCUT2D eigenvalue weighted by Gasteiger charge is -2.27. The number of sulfonamides is 1. The minimum absolute atomic E-state index is 0.117. The highest BCUT2D eigenvalue weighted by molar-refractivity contribution is 7.89. The maximum Gasteiger partial charge on any atom is 0.267 e. The van der Waals surface area contributed by atoms with E-state index in [0.717, 1.165) is 12.8 Å². The van der Waals surface area contributed by atoms with E-state index in [-0.39, 0.29) is 16.9 Å². The van der Waals surface area contributed by atoms with Gasteiger partial charge in [-0.05, 0) is 55.9 Å². The van der Waals surface area contributed by atoms with Gasteiger partial charge in [-0.2, -0.15) is 0 Å². The van der Waals surface area contributed by atoms with Crippen LogP contribution in [0.4, 0.5) is 0 Å². The van der Waals surface area contributed by atoms with Crippen LogP contribution in [0.1, 0.15) is 25.7 Å². The van der Waals surface area contributed by atoms with Crippen LogP contribution in [0, 0.1) is 5.92 Å². The maximum atomic E-state index is 12.4. The van der Waals surface area contributed by atoms with Crippen LogP contribution in [0.2, 0.25) is 0 Å². The molecule has 7 nitrogen and oxygen atoms in total. The smallest absolute Gasteiger partial charge is 0.267 e. The van der Waals surface area contributed by atoms with Crippen LogP contribution in [0.5, 0.6) is 5.75 Å². The normalized spacial score (nSPS) is 21.6. The second-order valence-corrected chi connectivity index (χ2v) is 7.46. The molecular formula is C16H22N2O5S. The van der Waals surface area contributed by atoms with Crippen molar-refractivity contribution in [2.75, 3.05) is 7.11 Å². The van der Waals surface area contributed by atoms with E-state index in [4.69, 9.17) is 9.94 Å². The van der Waals surface area contributed by atoms with E-state index in [2.05, 4.69) is 4.72 Å². The van der Waals surface area contributed by atoms with Gasteiger partial charge < -0.3 is 4.74 Å². The van der Waals surface area contributed by atoms with Gasteiger partial charge in [0.15, 0.2) is 0 Å². The molecule has 0 spiro atoms. The first kappa shape index (κ1) is 18.4. The molecule has 3 N–H and O–H groups in total. The van der Waals surface area contributed by atoms with Crippen LogP contribution in [-0.2, 0) is 14.8 Å². The predicted octanol–water partition coefficient (Wildman–Crippen LogP) is 1.59. The number of hydrogen-bond donors (Lipinski definition) is 3. The number of hydroxylamine groups is 1. The lowest BCUT2D eigenvalue weighted by atomic mass is 9.86. The van der Waals surface area contributed by atoms with E-state index in [1.807, 2.05) is 0 Å². The zero-order valence-corrected chi connectivity index (χ0v) is 14.3. The number of ether oxygens (including phenoxy) is 1. The zero-order valence-electron chi connectivity index (χ0n) is 13.4. The highest BCUT2D eigenvalue weighted by Crippen LogP contribution is 2.26. The summed E-state index contributed by atoms with van der Waals surface area (Å²) in [5.41, 5.74) is 1.54. The molecule has 1 saturated carbocycles. The molecule has 1 amide bonds. The van der Waals surface area contributed by atoms with Crippen molar-refractivity contribution in [2.24, 2.45) is 5.92 Å². The third-order valence-corrected chi connectivity index (χ3v) is 5.63. The summed E-state index contributed by atoms with van der Waals surface area (Å²) >= 11 is 0. The summed E-state index contributed by atoms with van der Waals surface area (Å²) in [5, 5.41) is 8.44. The lowest BCUT2D eigenvalue weighted by molar-refractivity contribution is -0.124. The highest BCUT2D eigenvalue weighted by atomic mass is 32.2. The lowest BCUT2D eigenvalue weighted by Crippen LogP contribution is -2.37. The van der Waals surface area contributed by atoms with Crippen molar-refractivity contribution in [1.29, 1.82) is 0 Å². The first-order valence-electron chi connectivity index (χ1n) is 7.73. The number of methoxy groups -OCH3 is 1. The summed E-state index contributed by atoms with van der Waals surface area (Å²) in [7, 11) is -2.03. The topological polar surface area (TPSA) is 105 Å². The summed E-state index contributed by atoms with van der Waals surface area (Å²) in [6.07, 6.45) is 6.01. The number of carbonyl (C=O) groups is 1. The number of carbonyl (C=O) groups excluding carboxylic acids is 1. The number of rotatable bonds is 6. The summed E-state index contributed by atoms with van der Waals surface area (Å²) in [6, 6.07) is 6.14. The van der Waals surface area contributed by atoms with Crippen LogP contribution in [0.3, 0.4) is 0 Å². The molecule has 24 heavy (non-hydrogen) atoms. The molecule has 1 aromatic carbocycles. The first-order valence-corrected chi connectivity index (χ1v) is 9.21. The Balaban J connectivity index is 1.90. The van der Waals surface area contributed by atoms with Gasteiger partial charge in [0.25, 0.3) is 5.91 Å². The standard InChI is InChI=1S/C16H22N2O5S/c1-23-14-7-9-15(10-8-14)24(21,22)18-13-5-2-12(3-6-13)4-11-16(19)17-20/h4,7-13,18,20H,2-3,5-6H2,1H3,(H,17,19). The highest BCUT2D eigenvalue weighted by Gasteiger charge is 2.24. The SMILES string of the molecule is COc1ccc(S(=O)(=O)NC2CCC(C=CC(=O)NO)CC2)cc1. The van der Waals surface area contributed by atoms with E-state index in [9.17, 15) is 13.2 Å². The van der Waals surface area contributed by atoms with Crippen molar-refractivity contribution < 1.29 is 23.2 Å². The predicted molar refractivity (Wildman–Crippen MR) is 88.1 cm³/mol. The number of hydrogen-bond acceptors (Lipinski definition) is 5. The Morgan fingerprint density at radius 2 is 1.83 bits per heavy atom. The van der Waals surface area contributed by atoms with Crippen molar-refractivity contribution in [2.45, 2.75) is 36.6 Å². The van der Waals surface area contributed by atoms with Crippen molar-refractivity contribution >= 4 is 15.9 Å². The van der Waals surface area contributed by atoms with Crippen molar-refractivity contribution in [3.63, 3.8) is 0 Å². The molecule has 0 radical (unpaired) electrons. The van der Waals surface area contributed by atoms with Gasteiger partial charge in [0.1, 0.15) is 5.75 Å². The summed E-state index contributed by atoms with van der Waals surface area (Å²) in [5.74, 6) is 0.259. The average molecular weight is 354 g/mol. The van der Waals surface area contributed by atoms with Gasteiger partial charge >= 0.3 is 0 Å². The molecule has 0 aliphatic heterocycles. The number of allylic oxidation sites excluding steroid dienone is 1. The Kier molecular flexibility index (Phi) is 6.36. The molecule has 0 bridgehead atoms. The van der Waals surface area contributed by atoms with E-state index in [0.29, 0.717) is 18.6 Å². The minimum Gasteiger partial charge on any atom is -0.497 e. The van der Waals surface area contributed by atoms with Crippen LogP contribution in [0.15, 0.2) is 41.3 Å². The van der Waals surface area contributed by atoms with Crippen LogP contribution >= 0.6 is 0 Å². The van der Waals surface area contributed by atoms with E-state index < -0.39 is 15.9 Å². The zero-order chi connectivity index (χ0) is 17.6. The molecule has 0 saturated heterocycles. The van der Waals surface area contributed by atoms with Crippen molar-refractivity contribution in [3.8, 4) is 5.75 Å². The van der Waals surface area contributed by atoms with E-state index in [1.54, 1.807) is 23.7 Å². The average Bonchev–Trinajstić information content (AvgIpc) is 2.60. The molecule has 0 atom stereocenters. The molecular weight excluding hydrogens is 332 g/mol. The van der Waals surface area contributed by atoms with Gasteiger partial charge in [-0.15, -0.1) is 0 Å². The van der Waals surface area contributed by atoms with E-state index in [1.165, 1.54) is 25.3 Å². The summed E-state index contributed by atoms with van der Waals surface area (Å²) in [6.45, 7) is 0. The fraction of sp³-hybridized carbons (Fsp3) is 0.438. The van der Waals surface area contributed by atoms with E-state index >= 15 is 0 Å². The monoisotopic (exact) mass is 354 g/mol. The molecule has 2 rings (SSSR count). The second kappa shape index (κ2) is 8.27. The Labute approximate surface area is 141 Å². The number of amides is 1. The van der Waals surface area contributed by atoms with Gasteiger partial charge in [-0.25, -0.2) is 18.6 Å². The molecule has 1 aromatic rings. The number of benzene rings is 1. The Morgan fingerprint density at radius 3 is 2.38 bits per heavy atom. The molecule has 132 valence electrons. The third-order valence-electron chi connectivity index (χ3n) is 4.09. The first-order chi connectivity index (χ1) is 11.4. The van der Waals surface area contributed by atoms with Gasteiger partial charge in [-0.1, -0.05) is 6.08 Å². The quantitative estimate of drug-likeness (QED) is 0.409. The minimum atomic E-state index is -3.55. The Bertz CT molecular complexity index is 677. The number of nitrogens with one attached hydrogen (secondary N) is 2. The maximum absolute atomic E-state index is 12.4. The van der Waals surface area contributed by atoms with Gasteiger partial charge in [-0.3, -0.25) is 10.0 Å². The molecule has 0 heterocycles. The molecule has 1 fully saturated rings. The fourth-order valence-corrected chi connectivity index (χ4v) is 4.04. The van der Waals surface area contributed by atoms with Crippen LogP contribution < -0.4 is 14.9 Å².